The van der Waals surface area contributed by atoms with Gasteiger partial charge in [0.15, 0.2) is 0 Å². The van der Waals surface area contributed by atoms with E-state index in [1.807, 2.05) is 0 Å². The summed E-state index contributed by atoms with van der Waals surface area (Å²) < 4.78 is 0. The van der Waals surface area contributed by atoms with Crippen LogP contribution in [0.15, 0.2) is 0 Å². The Morgan fingerprint density at radius 3 is 1.56 bits per heavy atom. The average molecular weight is 216 g/mol. The highest BCUT2D eigenvalue weighted by molar-refractivity contribution is 6.39. The minimum atomic E-state index is 0.0333. The molecule has 0 radical (unpaired) electrons. The fourth-order valence-corrected chi connectivity index (χ4v) is 6.57. The molecule has 8 atom stereocenters. The summed E-state index contributed by atoms with van der Waals surface area (Å²) in [5.41, 5.74) is 0. The first kappa shape index (κ1) is 8.43. The molecule has 8 bridgehead atoms. The van der Waals surface area contributed by atoms with Gasteiger partial charge in [-0.1, -0.05) is 0 Å². The molecule has 0 amide bonds. The third kappa shape index (κ3) is 0.663. The first-order chi connectivity index (χ1) is 7.75. The summed E-state index contributed by atoms with van der Waals surface area (Å²) in [6.45, 7) is 0. The molecule has 8 unspecified atom stereocenters. The number of carbonyl (C=O) groups is 2. The molecule has 0 aromatic heterocycles. The third-order valence-electron chi connectivity index (χ3n) is 6.74. The first-order valence-electron chi connectivity index (χ1n) is 6.83. The molecule has 0 aromatic rings. The number of carbonyl (C=O) groups excluding carboxylic acids is 2. The molecule has 2 nitrogen and oxygen atoms in total. The van der Waals surface area contributed by atoms with Crippen LogP contribution < -0.4 is 0 Å². The second-order valence-corrected chi connectivity index (χ2v) is 6.89. The van der Waals surface area contributed by atoms with Gasteiger partial charge < -0.3 is 0 Å². The molecule has 7 saturated carbocycles. The first-order valence-corrected chi connectivity index (χ1v) is 6.83. The Labute approximate surface area is 94.8 Å². The molecular formula is C14H16O2. The molecule has 0 N–H and O–H groups in total. The Hall–Kier alpha value is -0.660. The van der Waals surface area contributed by atoms with Gasteiger partial charge >= 0.3 is 0 Å². The van der Waals surface area contributed by atoms with E-state index >= 15 is 0 Å². The molecule has 7 rings (SSSR count). The highest BCUT2D eigenvalue weighted by Gasteiger charge is 2.69. The normalized spacial score (nSPS) is 64.8. The van der Waals surface area contributed by atoms with E-state index in [0.717, 1.165) is 36.5 Å². The average Bonchev–Trinajstić information content (AvgIpc) is 2.92. The van der Waals surface area contributed by atoms with Crippen LogP contribution in [0.3, 0.4) is 0 Å². The molecule has 0 saturated heterocycles. The van der Waals surface area contributed by atoms with Crippen molar-refractivity contribution in [1.29, 1.82) is 0 Å². The van der Waals surface area contributed by atoms with Gasteiger partial charge in [-0.2, -0.15) is 0 Å². The van der Waals surface area contributed by atoms with E-state index in [4.69, 9.17) is 0 Å². The predicted molar refractivity (Wildman–Crippen MR) is 56.4 cm³/mol. The van der Waals surface area contributed by atoms with Crippen molar-refractivity contribution in [2.24, 2.45) is 47.3 Å². The van der Waals surface area contributed by atoms with E-state index in [1.54, 1.807) is 0 Å². The largest absolute Gasteiger partial charge is 0.291 e. The smallest absolute Gasteiger partial charge is 0.202 e. The molecule has 0 aliphatic heterocycles. The number of ketones is 2. The van der Waals surface area contributed by atoms with Crippen LogP contribution in [0.2, 0.25) is 0 Å². The molecular weight excluding hydrogens is 200 g/mol. The molecule has 84 valence electrons. The zero-order chi connectivity index (χ0) is 10.6. The summed E-state index contributed by atoms with van der Waals surface area (Å²) in [4.78, 5) is 24.4. The monoisotopic (exact) mass is 216 g/mol. The van der Waals surface area contributed by atoms with E-state index < -0.39 is 0 Å². The summed E-state index contributed by atoms with van der Waals surface area (Å²) in [5, 5.41) is 0. The highest BCUT2D eigenvalue weighted by Crippen LogP contribution is 2.71. The van der Waals surface area contributed by atoms with Gasteiger partial charge in [0.05, 0.1) is 0 Å². The van der Waals surface area contributed by atoms with E-state index in [0.29, 0.717) is 11.8 Å². The van der Waals surface area contributed by atoms with Crippen LogP contribution >= 0.6 is 0 Å². The maximum Gasteiger partial charge on any atom is 0.202 e. The van der Waals surface area contributed by atoms with E-state index in [-0.39, 0.29) is 23.4 Å². The number of hydrogen-bond donors (Lipinski definition) is 0. The Morgan fingerprint density at radius 2 is 1.12 bits per heavy atom. The van der Waals surface area contributed by atoms with Gasteiger partial charge in [-0.15, -0.1) is 0 Å². The van der Waals surface area contributed by atoms with Crippen molar-refractivity contribution in [1.82, 2.24) is 0 Å². The molecule has 0 aromatic carbocycles. The fourth-order valence-electron chi connectivity index (χ4n) is 6.57. The minimum Gasteiger partial charge on any atom is -0.291 e. The molecule has 2 heteroatoms. The summed E-state index contributed by atoms with van der Waals surface area (Å²) in [6, 6.07) is 0. The molecule has 16 heavy (non-hydrogen) atoms. The Kier molecular flexibility index (Phi) is 1.21. The Balaban J connectivity index is 1.77. The Bertz CT molecular complexity index is 386. The lowest BCUT2D eigenvalue weighted by atomic mass is 9.74. The minimum absolute atomic E-state index is 0.0333. The second-order valence-electron chi connectivity index (χ2n) is 6.89. The Morgan fingerprint density at radius 1 is 0.688 bits per heavy atom. The number of Topliss-reactive ketones (excluding diaryl/α,β-unsaturated/α-hetero) is 2. The van der Waals surface area contributed by atoms with Crippen molar-refractivity contribution >= 4 is 11.6 Å². The topological polar surface area (TPSA) is 34.1 Å². The second kappa shape index (κ2) is 2.30. The van der Waals surface area contributed by atoms with Gasteiger partial charge in [-0.05, 0) is 61.2 Å². The molecule has 7 fully saturated rings. The van der Waals surface area contributed by atoms with Gasteiger partial charge in [0, 0.05) is 11.8 Å². The van der Waals surface area contributed by atoms with Gasteiger partial charge in [0.1, 0.15) is 0 Å². The lowest BCUT2D eigenvalue weighted by Crippen LogP contribution is -2.37. The summed E-state index contributed by atoms with van der Waals surface area (Å²) in [7, 11) is 0. The van der Waals surface area contributed by atoms with Crippen molar-refractivity contribution in [3.63, 3.8) is 0 Å². The van der Waals surface area contributed by atoms with Crippen molar-refractivity contribution in [3.05, 3.63) is 0 Å². The van der Waals surface area contributed by atoms with Crippen molar-refractivity contribution in [2.45, 2.75) is 25.7 Å². The summed E-state index contributed by atoms with van der Waals surface area (Å²) in [6.07, 6.45) is 4.68. The van der Waals surface area contributed by atoms with Crippen LogP contribution in [0.1, 0.15) is 25.7 Å². The van der Waals surface area contributed by atoms with Gasteiger partial charge in [-0.3, -0.25) is 9.59 Å². The van der Waals surface area contributed by atoms with E-state index in [2.05, 4.69) is 0 Å². The maximum atomic E-state index is 12.2. The summed E-state index contributed by atoms with van der Waals surface area (Å²) in [5.74, 6) is 4.93. The van der Waals surface area contributed by atoms with Crippen molar-refractivity contribution < 1.29 is 9.59 Å². The molecule has 0 heterocycles. The predicted octanol–water partition coefficient (Wildman–Crippen LogP) is 1.68. The number of rotatable bonds is 0. The number of hydrogen-bond acceptors (Lipinski definition) is 2. The maximum absolute atomic E-state index is 12.2. The van der Waals surface area contributed by atoms with Crippen LogP contribution in [0, 0.1) is 47.3 Å². The van der Waals surface area contributed by atoms with Gasteiger partial charge in [-0.25, -0.2) is 0 Å². The lowest BCUT2D eigenvalue weighted by Gasteiger charge is -2.27. The molecule has 7 aliphatic rings. The van der Waals surface area contributed by atoms with Crippen LogP contribution in [-0.4, -0.2) is 11.6 Å². The van der Waals surface area contributed by atoms with Crippen molar-refractivity contribution in [3.8, 4) is 0 Å². The quantitative estimate of drug-likeness (QED) is 0.577. The van der Waals surface area contributed by atoms with Crippen LogP contribution in [0.4, 0.5) is 0 Å². The zero-order valence-corrected chi connectivity index (χ0v) is 9.26. The van der Waals surface area contributed by atoms with Gasteiger partial charge in [0.2, 0.25) is 11.6 Å². The standard InChI is InChI=1S/C14H16O2/c15-13-9-4-6-2-8-10(14(13)16)3-5-1-7(9)12(6)11(5)8/h5-12H,1-4H2. The van der Waals surface area contributed by atoms with Crippen LogP contribution in [0.5, 0.6) is 0 Å². The van der Waals surface area contributed by atoms with Gasteiger partial charge in [0.25, 0.3) is 0 Å². The SMILES string of the molecule is O=C1C(=O)C2CC3CC4C1CC1CC2C3C14. The highest BCUT2D eigenvalue weighted by atomic mass is 16.2. The third-order valence-corrected chi connectivity index (χ3v) is 6.74. The van der Waals surface area contributed by atoms with Crippen molar-refractivity contribution in [2.75, 3.05) is 0 Å². The zero-order valence-electron chi connectivity index (χ0n) is 9.26. The lowest BCUT2D eigenvalue weighted by molar-refractivity contribution is -0.144. The van der Waals surface area contributed by atoms with E-state index in [1.165, 1.54) is 12.8 Å². The summed E-state index contributed by atoms with van der Waals surface area (Å²) >= 11 is 0. The molecule has 0 spiro atoms. The van der Waals surface area contributed by atoms with E-state index in [9.17, 15) is 9.59 Å². The fraction of sp³-hybridized carbons (Fsp3) is 0.857. The van der Waals surface area contributed by atoms with Crippen LogP contribution in [0.25, 0.3) is 0 Å². The molecule has 7 aliphatic carbocycles. The van der Waals surface area contributed by atoms with Crippen LogP contribution in [-0.2, 0) is 9.59 Å².